The van der Waals surface area contributed by atoms with Crippen LogP contribution in [0.15, 0.2) is 77.1 Å². The molecule has 1 atom stereocenters. The number of amides is 1. The van der Waals surface area contributed by atoms with Crippen molar-refractivity contribution in [3.63, 3.8) is 0 Å². The van der Waals surface area contributed by atoms with E-state index in [0.717, 1.165) is 40.8 Å². The summed E-state index contributed by atoms with van der Waals surface area (Å²) in [5.74, 6) is 2.18. The summed E-state index contributed by atoms with van der Waals surface area (Å²) in [6.45, 7) is 8.62. The summed E-state index contributed by atoms with van der Waals surface area (Å²) in [6, 6.07) is 18.9. The van der Waals surface area contributed by atoms with Gasteiger partial charge < -0.3 is 20.1 Å². The van der Waals surface area contributed by atoms with E-state index in [1.165, 1.54) is 11.8 Å². The van der Waals surface area contributed by atoms with Gasteiger partial charge in [0.2, 0.25) is 11.1 Å². The van der Waals surface area contributed by atoms with Crippen molar-refractivity contribution in [2.45, 2.75) is 57.5 Å². The zero-order valence-corrected chi connectivity index (χ0v) is 26.6. The highest BCUT2D eigenvalue weighted by Gasteiger charge is 2.35. The van der Waals surface area contributed by atoms with Gasteiger partial charge in [0.1, 0.15) is 6.04 Å². The lowest BCUT2D eigenvalue weighted by Gasteiger charge is -2.29. The number of carbonyl (C=O) groups excluding carboxylic acids is 1. The Kier molecular flexibility index (Phi) is 9.62. The third kappa shape index (κ3) is 6.84. The van der Waals surface area contributed by atoms with Crippen LogP contribution in [0.5, 0.6) is 11.5 Å². The lowest BCUT2D eigenvalue weighted by molar-refractivity contribution is -0.113. The fraction of sp³-hybridized carbons (Fsp3) is 0.303. The predicted molar refractivity (Wildman–Crippen MR) is 173 cm³/mol. The second-order valence-corrected chi connectivity index (χ2v) is 11.8. The number of halogens is 1. The van der Waals surface area contributed by atoms with Crippen LogP contribution in [-0.2, 0) is 10.5 Å². The molecule has 0 aliphatic carbocycles. The molecule has 0 spiro atoms. The SMILES string of the molecule is CCCCOc1ccc(C2C(C(=O)Nc3ccc(C)cc3C)=C(C)Nc3nc(SCc4ccccc4Cl)nn32)cc1OC. The molecule has 0 fully saturated rings. The van der Waals surface area contributed by atoms with Crippen LogP contribution in [0.2, 0.25) is 5.02 Å². The van der Waals surface area contributed by atoms with Crippen molar-refractivity contribution in [3.8, 4) is 11.5 Å². The molecule has 43 heavy (non-hydrogen) atoms. The zero-order valence-electron chi connectivity index (χ0n) is 25.0. The van der Waals surface area contributed by atoms with Crippen molar-refractivity contribution in [3.05, 3.63) is 99.2 Å². The molecule has 5 rings (SSSR count). The van der Waals surface area contributed by atoms with Gasteiger partial charge in [-0.2, -0.15) is 4.98 Å². The number of methoxy groups -OCH3 is 1. The summed E-state index contributed by atoms with van der Waals surface area (Å²) < 4.78 is 13.5. The number of rotatable bonds is 11. The number of fused-ring (bicyclic) bond motifs is 1. The van der Waals surface area contributed by atoms with Gasteiger partial charge in [0, 0.05) is 22.2 Å². The Morgan fingerprint density at radius 1 is 1.09 bits per heavy atom. The molecule has 3 aromatic carbocycles. The number of ether oxygens (including phenoxy) is 2. The molecule has 1 aromatic heterocycles. The minimum Gasteiger partial charge on any atom is -0.493 e. The van der Waals surface area contributed by atoms with Gasteiger partial charge in [0.15, 0.2) is 11.5 Å². The third-order valence-electron chi connectivity index (χ3n) is 7.28. The van der Waals surface area contributed by atoms with E-state index in [1.807, 2.05) is 81.4 Å². The van der Waals surface area contributed by atoms with Crippen molar-refractivity contribution >= 4 is 40.9 Å². The minimum atomic E-state index is -0.567. The van der Waals surface area contributed by atoms with Crippen LogP contribution in [0.1, 0.15) is 55.0 Å². The topological polar surface area (TPSA) is 90.3 Å². The second-order valence-electron chi connectivity index (χ2n) is 10.5. The number of nitrogens with one attached hydrogen (secondary N) is 2. The van der Waals surface area contributed by atoms with Crippen LogP contribution in [0, 0.1) is 13.8 Å². The first-order valence-electron chi connectivity index (χ1n) is 14.3. The van der Waals surface area contributed by atoms with E-state index in [1.54, 1.807) is 11.8 Å². The van der Waals surface area contributed by atoms with Crippen molar-refractivity contribution in [1.29, 1.82) is 0 Å². The number of aromatic nitrogens is 3. The fourth-order valence-corrected chi connectivity index (χ4v) is 6.11. The smallest absolute Gasteiger partial charge is 0.255 e. The summed E-state index contributed by atoms with van der Waals surface area (Å²) in [4.78, 5) is 18.8. The average Bonchev–Trinajstić information content (AvgIpc) is 3.40. The third-order valence-corrected chi connectivity index (χ3v) is 8.54. The maximum Gasteiger partial charge on any atom is 0.255 e. The summed E-state index contributed by atoms with van der Waals surface area (Å²) >= 11 is 7.88. The number of hydrogen-bond donors (Lipinski definition) is 2. The first-order valence-corrected chi connectivity index (χ1v) is 15.6. The molecule has 8 nitrogen and oxygen atoms in total. The Morgan fingerprint density at radius 2 is 1.91 bits per heavy atom. The lowest BCUT2D eigenvalue weighted by Crippen LogP contribution is -2.31. The summed E-state index contributed by atoms with van der Waals surface area (Å²) in [5, 5.41) is 12.6. The second kappa shape index (κ2) is 13.6. The van der Waals surface area contributed by atoms with E-state index < -0.39 is 6.04 Å². The first kappa shape index (κ1) is 30.5. The van der Waals surface area contributed by atoms with Gasteiger partial charge in [-0.15, -0.1) is 5.10 Å². The molecule has 1 amide bonds. The Bertz CT molecular complexity index is 1670. The molecule has 1 unspecified atom stereocenters. The van der Waals surface area contributed by atoms with Gasteiger partial charge in [0.25, 0.3) is 5.91 Å². The molecule has 1 aliphatic rings. The summed E-state index contributed by atoms with van der Waals surface area (Å²) in [5.41, 5.74) is 5.91. The average molecular weight is 618 g/mol. The fourth-order valence-electron chi connectivity index (χ4n) is 5.00. The Labute approximate surface area is 261 Å². The quantitative estimate of drug-likeness (QED) is 0.130. The van der Waals surface area contributed by atoms with Gasteiger partial charge in [-0.1, -0.05) is 78.7 Å². The molecule has 4 aromatic rings. The molecule has 0 saturated carbocycles. The van der Waals surface area contributed by atoms with Crippen molar-refractivity contribution < 1.29 is 14.3 Å². The van der Waals surface area contributed by atoms with E-state index in [0.29, 0.717) is 51.3 Å². The first-order chi connectivity index (χ1) is 20.8. The largest absolute Gasteiger partial charge is 0.493 e. The number of anilines is 2. The molecular formula is C33H36ClN5O3S. The van der Waals surface area contributed by atoms with E-state index >= 15 is 0 Å². The van der Waals surface area contributed by atoms with E-state index in [2.05, 4.69) is 17.6 Å². The monoisotopic (exact) mass is 617 g/mol. The van der Waals surface area contributed by atoms with Crippen LogP contribution < -0.4 is 20.1 Å². The summed E-state index contributed by atoms with van der Waals surface area (Å²) in [6.07, 6.45) is 1.98. The molecule has 1 aliphatic heterocycles. The molecule has 2 heterocycles. The number of thioether (sulfide) groups is 1. The van der Waals surface area contributed by atoms with Crippen molar-refractivity contribution in [2.24, 2.45) is 0 Å². The van der Waals surface area contributed by atoms with Gasteiger partial charge >= 0.3 is 0 Å². The molecule has 0 saturated heterocycles. The highest BCUT2D eigenvalue weighted by atomic mass is 35.5. The molecular weight excluding hydrogens is 582 g/mol. The van der Waals surface area contributed by atoms with E-state index in [-0.39, 0.29) is 5.91 Å². The molecule has 2 N–H and O–H groups in total. The zero-order chi connectivity index (χ0) is 30.5. The van der Waals surface area contributed by atoms with Crippen molar-refractivity contribution in [2.75, 3.05) is 24.4 Å². The normalized spacial score (nSPS) is 14.2. The van der Waals surface area contributed by atoms with Gasteiger partial charge in [0.05, 0.1) is 19.3 Å². The number of aryl methyl sites for hydroxylation is 2. The van der Waals surface area contributed by atoms with Crippen molar-refractivity contribution in [1.82, 2.24) is 14.8 Å². The number of allylic oxidation sites excluding steroid dienone is 1. The number of carbonyl (C=O) groups is 1. The lowest BCUT2D eigenvalue weighted by atomic mass is 9.94. The highest BCUT2D eigenvalue weighted by Crippen LogP contribution is 2.40. The van der Waals surface area contributed by atoms with Crippen LogP contribution in [0.3, 0.4) is 0 Å². The van der Waals surface area contributed by atoms with Gasteiger partial charge in [-0.25, -0.2) is 4.68 Å². The van der Waals surface area contributed by atoms with Crippen LogP contribution >= 0.6 is 23.4 Å². The van der Waals surface area contributed by atoms with E-state index in [9.17, 15) is 4.79 Å². The maximum absolute atomic E-state index is 14.0. The van der Waals surface area contributed by atoms with Crippen LogP contribution in [-0.4, -0.2) is 34.4 Å². The number of unbranched alkanes of at least 4 members (excludes halogenated alkanes) is 1. The molecule has 10 heteroatoms. The van der Waals surface area contributed by atoms with Crippen LogP contribution in [0.4, 0.5) is 11.6 Å². The van der Waals surface area contributed by atoms with E-state index in [4.69, 9.17) is 31.2 Å². The Balaban J connectivity index is 1.52. The van der Waals surface area contributed by atoms with Gasteiger partial charge in [-0.3, -0.25) is 4.79 Å². The van der Waals surface area contributed by atoms with Gasteiger partial charge in [-0.05, 0) is 68.1 Å². The molecule has 224 valence electrons. The number of hydrogen-bond acceptors (Lipinski definition) is 7. The maximum atomic E-state index is 14.0. The highest BCUT2D eigenvalue weighted by molar-refractivity contribution is 7.98. The Morgan fingerprint density at radius 3 is 2.65 bits per heavy atom. The van der Waals surface area contributed by atoms with Crippen LogP contribution in [0.25, 0.3) is 0 Å². The summed E-state index contributed by atoms with van der Waals surface area (Å²) in [7, 11) is 1.62. The number of benzene rings is 3. The standard InChI is InChI=1S/C33H36ClN5O3S/c1-6-7-16-42-27-15-13-23(18-28(27)41-5)30-29(31(40)36-26-14-12-20(2)17-21(26)3)22(4)35-32-37-33(38-39(30)32)43-19-24-10-8-9-11-25(24)34/h8-15,17-18,30H,6-7,16,19H2,1-5H3,(H,36,40)(H,35,37,38). The molecule has 0 bridgehead atoms. The molecule has 0 radical (unpaired) electrons. The Hall–Kier alpha value is -3.95. The minimum absolute atomic E-state index is 0.226. The number of nitrogens with zero attached hydrogens (tertiary/aromatic N) is 3. The predicted octanol–water partition coefficient (Wildman–Crippen LogP) is 7.96.